The number of aromatic nitrogens is 2. The molecule has 5 rings (SSSR count). The van der Waals surface area contributed by atoms with Gasteiger partial charge in [-0.2, -0.15) is 4.98 Å². The van der Waals surface area contributed by atoms with Crippen LogP contribution in [0.5, 0.6) is 0 Å². The van der Waals surface area contributed by atoms with Crippen LogP contribution in [0, 0.1) is 41.4 Å². The molecule has 6 nitrogen and oxygen atoms in total. The number of aliphatic hydroxyl groups is 1. The highest BCUT2D eigenvalue weighted by atomic mass is 16.6. The summed E-state index contributed by atoms with van der Waals surface area (Å²) in [7, 11) is 0. The third-order valence-electron chi connectivity index (χ3n) is 9.62. The fraction of sp³-hybridized carbons (Fsp3) is 0.875. The van der Waals surface area contributed by atoms with Crippen molar-refractivity contribution >= 4 is 5.71 Å². The maximum absolute atomic E-state index is 10.6. The van der Waals surface area contributed by atoms with Gasteiger partial charge in [0.05, 0.1) is 18.2 Å². The highest BCUT2D eigenvalue weighted by Crippen LogP contribution is 2.65. The second-order valence-electron chi connectivity index (χ2n) is 11.0. The highest BCUT2D eigenvalue weighted by Gasteiger charge is 2.59. The summed E-state index contributed by atoms with van der Waals surface area (Å²) in [5.74, 6) is 4.37. The zero-order valence-electron chi connectivity index (χ0n) is 18.8. The molecular formula is C24H37N3O3. The van der Waals surface area contributed by atoms with E-state index in [1.165, 1.54) is 44.2 Å². The molecule has 4 fully saturated rings. The Kier molecular flexibility index (Phi) is 5.19. The minimum absolute atomic E-state index is 0.0766. The van der Waals surface area contributed by atoms with Crippen molar-refractivity contribution in [3.05, 3.63) is 11.7 Å². The molecule has 0 spiro atoms. The van der Waals surface area contributed by atoms with Crippen LogP contribution < -0.4 is 0 Å². The Morgan fingerprint density at radius 1 is 1.10 bits per heavy atom. The van der Waals surface area contributed by atoms with Crippen LogP contribution in [0.2, 0.25) is 0 Å². The van der Waals surface area contributed by atoms with Crippen LogP contribution in [-0.4, -0.2) is 33.7 Å². The standard InChI is InChI=1S/C24H37N3O3/c1-15-25-22(30-26-15)10-13-29-27-17-8-11-23(2)16(14-17)4-5-18-19-6-7-21(28)24(19,3)12-9-20(18)23/h16,18-21,28H,4-14H2,1-3H3/t16?,18?,19?,20?,21-,23-,24-/m0/s1. The Balaban J connectivity index is 1.21. The van der Waals surface area contributed by atoms with Gasteiger partial charge in [0.1, 0.15) is 6.61 Å². The zero-order chi connectivity index (χ0) is 20.9. The van der Waals surface area contributed by atoms with Crippen molar-refractivity contribution in [3.8, 4) is 0 Å². The van der Waals surface area contributed by atoms with Crippen LogP contribution in [0.25, 0.3) is 0 Å². The number of rotatable bonds is 4. The van der Waals surface area contributed by atoms with Crippen LogP contribution in [0.1, 0.15) is 83.3 Å². The normalized spacial score (nSPS) is 44.4. The van der Waals surface area contributed by atoms with E-state index >= 15 is 0 Å². The van der Waals surface area contributed by atoms with Crippen LogP contribution in [-0.2, 0) is 11.3 Å². The van der Waals surface area contributed by atoms with Gasteiger partial charge in [-0.25, -0.2) is 0 Å². The lowest BCUT2D eigenvalue weighted by molar-refractivity contribution is -0.112. The Morgan fingerprint density at radius 2 is 1.93 bits per heavy atom. The molecule has 166 valence electrons. The lowest BCUT2D eigenvalue weighted by Crippen LogP contribution is -2.54. The van der Waals surface area contributed by atoms with E-state index < -0.39 is 0 Å². The fourth-order valence-corrected chi connectivity index (χ4v) is 7.83. The Bertz CT molecular complexity index is 807. The molecule has 0 radical (unpaired) electrons. The summed E-state index contributed by atoms with van der Waals surface area (Å²) in [4.78, 5) is 9.83. The van der Waals surface area contributed by atoms with Crippen molar-refractivity contribution < 1.29 is 14.5 Å². The van der Waals surface area contributed by atoms with Gasteiger partial charge in [0, 0.05) is 0 Å². The van der Waals surface area contributed by atoms with Gasteiger partial charge in [0.2, 0.25) is 5.89 Å². The first kappa shape index (κ1) is 20.5. The van der Waals surface area contributed by atoms with E-state index in [0.717, 1.165) is 42.9 Å². The molecule has 0 amide bonds. The molecule has 30 heavy (non-hydrogen) atoms. The van der Waals surface area contributed by atoms with Gasteiger partial charge in [0.15, 0.2) is 5.82 Å². The average molecular weight is 416 g/mol. The molecule has 0 bridgehead atoms. The van der Waals surface area contributed by atoms with Gasteiger partial charge in [0.25, 0.3) is 0 Å². The van der Waals surface area contributed by atoms with Crippen molar-refractivity contribution in [3.63, 3.8) is 0 Å². The van der Waals surface area contributed by atoms with Gasteiger partial charge < -0.3 is 14.5 Å². The number of nitrogens with zero attached hydrogens (tertiary/aromatic N) is 3. The Morgan fingerprint density at radius 3 is 2.73 bits per heavy atom. The average Bonchev–Trinajstić information content (AvgIpc) is 3.28. The topological polar surface area (TPSA) is 80.7 Å². The van der Waals surface area contributed by atoms with E-state index in [0.29, 0.717) is 30.2 Å². The van der Waals surface area contributed by atoms with Crippen molar-refractivity contribution in [2.24, 2.45) is 39.7 Å². The molecule has 1 aromatic heterocycles. The van der Waals surface area contributed by atoms with E-state index in [2.05, 4.69) is 29.1 Å². The zero-order valence-corrected chi connectivity index (χ0v) is 18.8. The molecule has 0 aliphatic heterocycles. The molecule has 4 aliphatic carbocycles. The number of oxime groups is 1. The van der Waals surface area contributed by atoms with E-state index in [-0.39, 0.29) is 11.5 Å². The molecular weight excluding hydrogens is 378 g/mol. The van der Waals surface area contributed by atoms with Crippen molar-refractivity contribution in [2.75, 3.05) is 6.61 Å². The smallest absolute Gasteiger partial charge is 0.230 e. The van der Waals surface area contributed by atoms with Crippen LogP contribution in [0.3, 0.4) is 0 Å². The summed E-state index contributed by atoms with van der Waals surface area (Å²) in [6, 6.07) is 0. The number of fused-ring (bicyclic) bond motifs is 5. The van der Waals surface area contributed by atoms with Crippen molar-refractivity contribution in [2.45, 2.75) is 91.1 Å². The molecule has 0 aromatic carbocycles. The number of hydrogen-bond acceptors (Lipinski definition) is 6. The van der Waals surface area contributed by atoms with E-state index in [1.54, 1.807) is 0 Å². The third-order valence-corrected chi connectivity index (χ3v) is 9.62. The van der Waals surface area contributed by atoms with Crippen molar-refractivity contribution in [1.82, 2.24) is 10.1 Å². The van der Waals surface area contributed by atoms with E-state index in [1.807, 2.05) is 6.92 Å². The minimum atomic E-state index is -0.0766. The predicted molar refractivity (Wildman–Crippen MR) is 114 cm³/mol. The SMILES string of the molecule is Cc1noc(CCON=C2CC[C@@]3(C)C(CCC4C3CC[C@@]3(C)C4CC[C@@H]3O)C2)n1. The maximum atomic E-state index is 10.6. The summed E-state index contributed by atoms with van der Waals surface area (Å²) >= 11 is 0. The Hall–Kier alpha value is -1.43. The summed E-state index contributed by atoms with van der Waals surface area (Å²) in [5, 5.41) is 18.9. The molecule has 4 aliphatic rings. The number of aliphatic hydroxyl groups excluding tert-OH is 1. The molecule has 0 saturated heterocycles. The third kappa shape index (κ3) is 3.30. The molecule has 1 aromatic rings. The van der Waals surface area contributed by atoms with E-state index in [4.69, 9.17) is 9.36 Å². The summed E-state index contributed by atoms with van der Waals surface area (Å²) in [5.41, 5.74) is 1.84. The first-order valence-electron chi connectivity index (χ1n) is 12.0. The quantitative estimate of drug-likeness (QED) is 0.570. The van der Waals surface area contributed by atoms with E-state index in [9.17, 15) is 5.11 Å². The molecule has 6 heteroatoms. The maximum Gasteiger partial charge on any atom is 0.230 e. The Labute approximate surface area is 179 Å². The van der Waals surface area contributed by atoms with Gasteiger partial charge in [-0.3, -0.25) is 0 Å². The minimum Gasteiger partial charge on any atom is -0.395 e. The van der Waals surface area contributed by atoms with Gasteiger partial charge >= 0.3 is 0 Å². The molecule has 7 atom stereocenters. The van der Waals surface area contributed by atoms with Crippen LogP contribution in [0.15, 0.2) is 9.68 Å². The molecule has 4 unspecified atom stereocenters. The monoisotopic (exact) mass is 415 g/mol. The van der Waals surface area contributed by atoms with Crippen LogP contribution in [0.4, 0.5) is 0 Å². The second kappa shape index (κ2) is 7.61. The molecule has 1 heterocycles. The lowest BCUT2D eigenvalue weighted by Gasteiger charge is -2.60. The number of aryl methyl sites for hydroxylation is 1. The van der Waals surface area contributed by atoms with Gasteiger partial charge in [-0.1, -0.05) is 24.2 Å². The molecule has 4 saturated carbocycles. The number of hydrogen-bond donors (Lipinski definition) is 1. The summed E-state index contributed by atoms with van der Waals surface area (Å²) in [6.07, 6.45) is 11.3. The fourth-order valence-electron chi connectivity index (χ4n) is 7.83. The highest BCUT2D eigenvalue weighted by molar-refractivity contribution is 5.85. The summed E-state index contributed by atoms with van der Waals surface area (Å²) in [6.45, 7) is 7.25. The lowest BCUT2D eigenvalue weighted by atomic mass is 9.45. The largest absolute Gasteiger partial charge is 0.395 e. The molecule has 1 N–H and O–H groups in total. The first-order chi connectivity index (χ1) is 14.4. The van der Waals surface area contributed by atoms with Gasteiger partial charge in [-0.05, 0) is 99.2 Å². The first-order valence-corrected chi connectivity index (χ1v) is 12.0. The second-order valence-corrected chi connectivity index (χ2v) is 11.0. The van der Waals surface area contributed by atoms with Crippen LogP contribution >= 0.6 is 0 Å². The predicted octanol–water partition coefficient (Wildman–Crippen LogP) is 4.70. The van der Waals surface area contributed by atoms with Crippen molar-refractivity contribution in [1.29, 1.82) is 0 Å². The van der Waals surface area contributed by atoms with Gasteiger partial charge in [-0.15, -0.1) is 0 Å². The summed E-state index contributed by atoms with van der Waals surface area (Å²) < 4.78 is 5.13.